The lowest BCUT2D eigenvalue weighted by molar-refractivity contribution is 0.177. The normalized spacial score (nSPS) is 17.4. The number of rotatable bonds is 3. The highest BCUT2D eigenvalue weighted by molar-refractivity contribution is 6.30. The van der Waals surface area contributed by atoms with E-state index in [1.165, 1.54) is 0 Å². The largest absolute Gasteiger partial charge is 0.381 e. The van der Waals surface area contributed by atoms with Gasteiger partial charge in [-0.2, -0.15) is 5.26 Å². The third-order valence-corrected chi connectivity index (χ3v) is 3.96. The zero-order valence-corrected chi connectivity index (χ0v) is 12.2. The monoisotopic (exact) mass is 277 g/mol. The minimum Gasteiger partial charge on any atom is -0.381 e. The fraction of sp³-hybridized carbons (Fsp3) is 0.533. The van der Waals surface area contributed by atoms with Crippen LogP contribution in [0.3, 0.4) is 0 Å². The van der Waals surface area contributed by atoms with Crippen molar-refractivity contribution in [1.82, 2.24) is 4.90 Å². The minimum atomic E-state index is 0.431. The Morgan fingerprint density at radius 2 is 2.05 bits per heavy atom. The van der Waals surface area contributed by atoms with Crippen LogP contribution in [0, 0.1) is 11.3 Å². The first-order valence-electron chi connectivity index (χ1n) is 6.80. The average Bonchev–Trinajstić information content (AvgIpc) is 2.39. The van der Waals surface area contributed by atoms with Crippen LogP contribution < -0.4 is 5.32 Å². The SMILES string of the molecule is CC(C)N1CCC(Nc2cc(Cl)ccc2C#N)CC1. The van der Waals surface area contributed by atoms with Crippen LogP contribution in [0.1, 0.15) is 32.3 Å². The number of anilines is 1. The van der Waals surface area contributed by atoms with Gasteiger partial charge in [0.15, 0.2) is 0 Å². The lowest BCUT2D eigenvalue weighted by Crippen LogP contribution is -2.42. The Bertz CT molecular complexity index is 471. The Hall–Kier alpha value is -1.24. The van der Waals surface area contributed by atoms with Gasteiger partial charge in [-0.15, -0.1) is 0 Å². The molecule has 4 heteroatoms. The second-order valence-electron chi connectivity index (χ2n) is 5.35. The molecule has 0 spiro atoms. The predicted molar refractivity (Wildman–Crippen MR) is 79.5 cm³/mol. The summed E-state index contributed by atoms with van der Waals surface area (Å²) >= 11 is 6.00. The van der Waals surface area contributed by atoms with Gasteiger partial charge in [0, 0.05) is 30.2 Å². The van der Waals surface area contributed by atoms with Gasteiger partial charge in [-0.3, -0.25) is 0 Å². The topological polar surface area (TPSA) is 39.1 Å². The van der Waals surface area contributed by atoms with E-state index in [1.807, 2.05) is 6.07 Å². The lowest BCUT2D eigenvalue weighted by atomic mass is 10.0. The number of benzene rings is 1. The molecule has 3 nitrogen and oxygen atoms in total. The highest BCUT2D eigenvalue weighted by Gasteiger charge is 2.21. The number of nitrogens with one attached hydrogen (secondary N) is 1. The van der Waals surface area contributed by atoms with E-state index in [2.05, 4.69) is 30.1 Å². The summed E-state index contributed by atoms with van der Waals surface area (Å²) in [5, 5.41) is 13.2. The molecular formula is C15H20ClN3. The highest BCUT2D eigenvalue weighted by Crippen LogP contribution is 2.24. The molecule has 1 aliphatic heterocycles. The van der Waals surface area contributed by atoms with Crippen molar-refractivity contribution in [1.29, 1.82) is 5.26 Å². The Balaban J connectivity index is 2.00. The summed E-state index contributed by atoms with van der Waals surface area (Å²) in [4.78, 5) is 2.49. The minimum absolute atomic E-state index is 0.431. The summed E-state index contributed by atoms with van der Waals surface area (Å²) in [7, 11) is 0. The summed E-state index contributed by atoms with van der Waals surface area (Å²) < 4.78 is 0. The quantitative estimate of drug-likeness (QED) is 0.919. The molecule has 1 aliphatic rings. The Morgan fingerprint density at radius 1 is 1.37 bits per heavy atom. The molecule has 2 rings (SSSR count). The molecule has 1 fully saturated rings. The molecule has 0 aliphatic carbocycles. The third-order valence-electron chi connectivity index (χ3n) is 3.72. The van der Waals surface area contributed by atoms with Crippen LogP contribution >= 0.6 is 11.6 Å². The first kappa shape index (κ1) is 14.2. The number of nitrogens with zero attached hydrogens (tertiary/aromatic N) is 2. The molecule has 0 unspecified atom stereocenters. The van der Waals surface area contributed by atoms with Crippen molar-refractivity contribution in [3.63, 3.8) is 0 Å². The summed E-state index contributed by atoms with van der Waals surface area (Å²) in [6, 6.07) is 8.62. The van der Waals surface area contributed by atoms with Gasteiger partial charge >= 0.3 is 0 Å². The van der Waals surface area contributed by atoms with Crippen LogP contribution in [0.5, 0.6) is 0 Å². The maximum atomic E-state index is 9.11. The summed E-state index contributed by atoms with van der Waals surface area (Å²) in [5.74, 6) is 0. The van der Waals surface area contributed by atoms with Gasteiger partial charge in [0.1, 0.15) is 6.07 Å². The molecule has 1 N–H and O–H groups in total. The van der Waals surface area contributed by atoms with Crippen LogP contribution in [0.2, 0.25) is 5.02 Å². The van der Waals surface area contributed by atoms with Crippen LogP contribution in [-0.2, 0) is 0 Å². The zero-order chi connectivity index (χ0) is 13.8. The van der Waals surface area contributed by atoms with Crippen LogP contribution in [0.4, 0.5) is 5.69 Å². The van der Waals surface area contributed by atoms with Gasteiger partial charge < -0.3 is 10.2 Å². The molecule has 1 heterocycles. The number of nitriles is 1. The molecule has 0 aromatic heterocycles. The maximum Gasteiger partial charge on any atom is 0.101 e. The third kappa shape index (κ3) is 3.62. The number of likely N-dealkylation sites (tertiary alicyclic amines) is 1. The molecule has 0 atom stereocenters. The van der Waals surface area contributed by atoms with Crippen molar-refractivity contribution in [2.75, 3.05) is 18.4 Å². The van der Waals surface area contributed by atoms with Crippen LogP contribution in [-0.4, -0.2) is 30.1 Å². The fourth-order valence-electron chi connectivity index (χ4n) is 2.51. The first-order chi connectivity index (χ1) is 9.10. The van der Waals surface area contributed by atoms with Crippen LogP contribution in [0.25, 0.3) is 0 Å². The van der Waals surface area contributed by atoms with Gasteiger partial charge in [-0.1, -0.05) is 11.6 Å². The van der Waals surface area contributed by atoms with E-state index < -0.39 is 0 Å². The summed E-state index contributed by atoms with van der Waals surface area (Å²) in [6.45, 7) is 6.69. The van der Waals surface area contributed by atoms with Gasteiger partial charge in [0.05, 0.1) is 11.3 Å². The van der Waals surface area contributed by atoms with E-state index in [0.29, 0.717) is 22.7 Å². The second-order valence-corrected chi connectivity index (χ2v) is 5.79. The molecule has 102 valence electrons. The average molecular weight is 278 g/mol. The molecule has 0 saturated carbocycles. The number of piperidine rings is 1. The summed E-state index contributed by atoms with van der Waals surface area (Å²) in [5.41, 5.74) is 1.52. The standard InChI is InChI=1S/C15H20ClN3/c1-11(2)19-7-5-14(6-8-19)18-15-9-13(16)4-3-12(15)10-17/h3-4,9,11,14,18H,5-8H2,1-2H3. The highest BCUT2D eigenvalue weighted by atomic mass is 35.5. The molecule has 0 bridgehead atoms. The Kier molecular flexibility index (Phi) is 4.68. The van der Waals surface area contributed by atoms with Crippen molar-refractivity contribution in [3.05, 3.63) is 28.8 Å². The van der Waals surface area contributed by atoms with Crippen molar-refractivity contribution in [3.8, 4) is 6.07 Å². The van der Waals surface area contributed by atoms with Crippen molar-refractivity contribution >= 4 is 17.3 Å². The van der Waals surface area contributed by atoms with Crippen molar-refractivity contribution in [2.24, 2.45) is 0 Å². The Morgan fingerprint density at radius 3 is 2.63 bits per heavy atom. The van der Waals surface area contributed by atoms with E-state index in [4.69, 9.17) is 16.9 Å². The molecule has 0 amide bonds. The molecule has 19 heavy (non-hydrogen) atoms. The summed E-state index contributed by atoms with van der Waals surface area (Å²) in [6.07, 6.45) is 2.21. The van der Waals surface area contributed by atoms with Crippen molar-refractivity contribution in [2.45, 2.75) is 38.8 Å². The molecular weight excluding hydrogens is 258 g/mol. The maximum absolute atomic E-state index is 9.11. The van der Waals surface area contributed by atoms with E-state index >= 15 is 0 Å². The van der Waals surface area contributed by atoms with Crippen LogP contribution in [0.15, 0.2) is 18.2 Å². The van der Waals surface area contributed by atoms with E-state index in [-0.39, 0.29) is 0 Å². The Labute approximate surface area is 120 Å². The van der Waals surface area contributed by atoms with Gasteiger partial charge in [-0.25, -0.2) is 0 Å². The molecule has 0 radical (unpaired) electrons. The number of hydrogen-bond acceptors (Lipinski definition) is 3. The number of hydrogen-bond donors (Lipinski definition) is 1. The zero-order valence-electron chi connectivity index (χ0n) is 11.5. The first-order valence-corrected chi connectivity index (χ1v) is 7.18. The molecule has 1 saturated heterocycles. The molecule has 1 aromatic rings. The molecule has 1 aromatic carbocycles. The smallest absolute Gasteiger partial charge is 0.101 e. The number of halogens is 1. The van der Waals surface area contributed by atoms with Gasteiger partial charge in [0.2, 0.25) is 0 Å². The van der Waals surface area contributed by atoms with Gasteiger partial charge in [0.25, 0.3) is 0 Å². The second kappa shape index (κ2) is 6.27. The van der Waals surface area contributed by atoms with E-state index in [0.717, 1.165) is 31.6 Å². The fourth-order valence-corrected chi connectivity index (χ4v) is 2.69. The van der Waals surface area contributed by atoms with Crippen molar-refractivity contribution < 1.29 is 0 Å². The van der Waals surface area contributed by atoms with E-state index in [1.54, 1.807) is 12.1 Å². The lowest BCUT2D eigenvalue weighted by Gasteiger charge is -2.35. The van der Waals surface area contributed by atoms with Gasteiger partial charge in [-0.05, 0) is 44.9 Å². The predicted octanol–water partition coefficient (Wildman–Crippen LogP) is 3.50. The van der Waals surface area contributed by atoms with E-state index in [9.17, 15) is 0 Å².